The van der Waals surface area contributed by atoms with E-state index in [1.165, 1.54) is 28.4 Å². The maximum absolute atomic E-state index is 13.5. The molecule has 1 saturated heterocycles. The molecule has 1 amide bonds. The Bertz CT molecular complexity index is 1300. The quantitative estimate of drug-likeness (QED) is 0.409. The molecule has 0 N–H and O–H groups in total. The van der Waals surface area contributed by atoms with Crippen LogP contribution in [-0.2, 0) is 4.74 Å². The second kappa shape index (κ2) is 17.1. The summed E-state index contributed by atoms with van der Waals surface area (Å²) in [4.78, 5) is 33.5. The number of esters is 1. The molecule has 3 atom stereocenters. The molecule has 12 heteroatoms. The third-order valence-electron chi connectivity index (χ3n) is 8.56. The monoisotopic (exact) mass is 643 g/mol. The van der Waals surface area contributed by atoms with E-state index in [4.69, 9.17) is 33.2 Å². The standard InChI is InChI=1S/C34H49N3O9/c1-35-12-8-13-36-14-9-15-37(18-17-36)16-11-26(46-34(39)25-22-28(41-3)31(43-5)29(23-25)42-4)10-7-19-45-30-21-24(33(35)38)20-27(40-2)32(30)44-6/h20-23,26H,7-19H2,1-6H3/t26-/m0/s1. The average Bonchev–Trinajstić information content (AvgIpc) is 3.31. The smallest absolute Gasteiger partial charge is 0.338 e. The van der Waals surface area contributed by atoms with Crippen molar-refractivity contribution in [3.05, 3.63) is 35.4 Å². The van der Waals surface area contributed by atoms with Crippen LogP contribution in [0.25, 0.3) is 0 Å². The van der Waals surface area contributed by atoms with Gasteiger partial charge in [0, 0.05) is 38.8 Å². The van der Waals surface area contributed by atoms with Crippen LogP contribution in [0.5, 0.6) is 34.5 Å². The summed E-state index contributed by atoms with van der Waals surface area (Å²) in [6.45, 7) is 6.60. The van der Waals surface area contributed by atoms with E-state index < -0.39 is 5.97 Å². The lowest BCUT2D eigenvalue weighted by molar-refractivity contribution is 0.0221. The largest absolute Gasteiger partial charge is 0.493 e. The Kier molecular flexibility index (Phi) is 13.0. The third kappa shape index (κ3) is 8.88. The molecule has 0 aromatic heterocycles. The fraction of sp³-hybridized carbons (Fsp3) is 0.588. The first kappa shape index (κ1) is 35.0. The highest BCUT2D eigenvalue weighted by molar-refractivity contribution is 5.95. The normalized spacial score (nSPS) is 21.5. The Morgan fingerprint density at radius 2 is 1.28 bits per heavy atom. The molecule has 12 nitrogen and oxygen atoms in total. The van der Waals surface area contributed by atoms with Crippen LogP contribution in [0, 0.1) is 0 Å². The summed E-state index contributed by atoms with van der Waals surface area (Å²) in [6, 6.07) is 6.60. The first-order valence-corrected chi connectivity index (χ1v) is 15.9. The number of amides is 1. The van der Waals surface area contributed by atoms with Crippen molar-refractivity contribution in [2.45, 2.75) is 38.2 Å². The molecule has 0 spiro atoms. The second-order valence-corrected chi connectivity index (χ2v) is 11.5. The predicted octanol–water partition coefficient (Wildman–Crippen LogP) is 3.99. The summed E-state index contributed by atoms with van der Waals surface area (Å²) in [5.74, 6) is 1.87. The van der Waals surface area contributed by atoms with Gasteiger partial charge in [0.15, 0.2) is 23.0 Å². The molecule has 1 fully saturated rings. The van der Waals surface area contributed by atoms with Crippen molar-refractivity contribution >= 4 is 11.9 Å². The molecule has 2 aromatic rings. The SMILES string of the molecule is COc1cc(C(=O)O[C@H]2CCCOc3cc(cc(OC)c3OC)C(=O)N(C)CCCN3CCCN(CC2)CC3)cc(OC)c1OC. The molecule has 0 saturated carbocycles. The zero-order valence-electron chi connectivity index (χ0n) is 28.1. The van der Waals surface area contributed by atoms with Gasteiger partial charge in [-0.25, -0.2) is 4.79 Å². The molecule has 2 unspecified atom stereocenters. The van der Waals surface area contributed by atoms with E-state index in [-0.39, 0.29) is 12.0 Å². The minimum Gasteiger partial charge on any atom is -0.493 e. The summed E-state index contributed by atoms with van der Waals surface area (Å²) in [6.07, 6.45) is 3.45. The average molecular weight is 644 g/mol. The van der Waals surface area contributed by atoms with Gasteiger partial charge >= 0.3 is 5.97 Å². The minimum absolute atomic E-state index is 0.107. The van der Waals surface area contributed by atoms with Crippen molar-refractivity contribution in [2.75, 3.05) is 95.0 Å². The molecular weight excluding hydrogens is 594 g/mol. The Hall–Kier alpha value is -3.90. The van der Waals surface area contributed by atoms with Gasteiger partial charge in [0.25, 0.3) is 5.91 Å². The van der Waals surface area contributed by atoms with E-state index in [2.05, 4.69) is 9.80 Å². The van der Waals surface area contributed by atoms with E-state index in [1.807, 2.05) is 7.05 Å². The van der Waals surface area contributed by atoms with Crippen molar-refractivity contribution in [3.8, 4) is 34.5 Å². The lowest BCUT2D eigenvalue weighted by atomic mass is 10.1. The highest BCUT2D eigenvalue weighted by atomic mass is 16.6. The van der Waals surface area contributed by atoms with Crippen molar-refractivity contribution in [3.63, 3.8) is 0 Å². The van der Waals surface area contributed by atoms with Crippen LogP contribution in [0.3, 0.4) is 0 Å². The van der Waals surface area contributed by atoms with Crippen LogP contribution >= 0.6 is 0 Å². The number of rotatable bonds is 7. The molecule has 2 aliphatic rings. The highest BCUT2D eigenvalue weighted by Crippen LogP contribution is 2.40. The fourth-order valence-corrected chi connectivity index (χ4v) is 5.99. The van der Waals surface area contributed by atoms with Crippen LogP contribution in [0.15, 0.2) is 24.3 Å². The zero-order valence-corrected chi connectivity index (χ0v) is 28.1. The van der Waals surface area contributed by atoms with Crippen LogP contribution < -0.4 is 28.4 Å². The van der Waals surface area contributed by atoms with Crippen molar-refractivity contribution in [1.82, 2.24) is 14.7 Å². The van der Waals surface area contributed by atoms with Crippen LogP contribution in [0.1, 0.15) is 52.8 Å². The molecule has 0 radical (unpaired) electrons. The Morgan fingerprint density at radius 1 is 0.696 bits per heavy atom. The molecule has 2 heterocycles. The molecule has 2 aliphatic heterocycles. The Morgan fingerprint density at radius 3 is 1.89 bits per heavy atom. The van der Waals surface area contributed by atoms with Crippen LogP contribution in [-0.4, -0.2) is 128 Å². The summed E-state index contributed by atoms with van der Waals surface area (Å²) >= 11 is 0. The zero-order chi connectivity index (χ0) is 33.1. The van der Waals surface area contributed by atoms with Crippen molar-refractivity contribution < 1.29 is 42.7 Å². The van der Waals surface area contributed by atoms with Gasteiger partial charge in [-0.2, -0.15) is 0 Å². The van der Waals surface area contributed by atoms with Crippen LogP contribution in [0.2, 0.25) is 0 Å². The van der Waals surface area contributed by atoms with E-state index >= 15 is 0 Å². The van der Waals surface area contributed by atoms with E-state index in [1.54, 1.807) is 36.3 Å². The van der Waals surface area contributed by atoms with Gasteiger partial charge in [-0.05, 0) is 76.0 Å². The van der Waals surface area contributed by atoms with Crippen molar-refractivity contribution in [1.29, 1.82) is 0 Å². The number of carbonyl (C=O) groups excluding carboxylic acids is 2. The first-order valence-electron chi connectivity index (χ1n) is 15.9. The molecule has 0 aliphatic carbocycles. The number of hydrogen-bond donors (Lipinski definition) is 0. The summed E-state index contributed by atoms with van der Waals surface area (Å²) in [7, 11) is 9.44. The summed E-state index contributed by atoms with van der Waals surface area (Å²) in [5.41, 5.74) is 0.783. The van der Waals surface area contributed by atoms with Gasteiger partial charge in [0.05, 0.1) is 47.7 Å². The summed E-state index contributed by atoms with van der Waals surface area (Å²) in [5, 5.41) is 0. The van der Waals surface area contributed by atoms with E-state index in [0.29, 0.717) is 78.0 Å². The number of ether oxygens (including phenoxy) is 7. The van der Waals surface area contributed by atoms with Gasteiger partial charge in [0.1, 0.15) is 6.10 Å². The minimum atomic E-state index is -0.465. The molecule has 4 bridgehead atoms. The Labute approximate surface area is 272 Å². The predicted molar refractivity (Wildman–Crippen MR) is 173 cm³/mol. The van der Waals surface area contributed by atoms with Crippen molar-refractivity contribution in [2.24, 2.45) is 0 Å². The van der Waals surface area contributed by atoms with Gasteiger partial charge in [-0.1, -0.05) is 0 Å². The summed E-state index contributed by atoms with van der Waals surface area (Å²) < 4.78 is 39.7. The fourth-order valence-electron chi connectivity index (χ4n) is 5.99. The molecule has 2 aromatic carbocycles. The Balaban J connectivity index is 1.56. The van der Waals surface area contributed by atoms with Gasteiger partial charge in [0.2, 0.25) is 11.5 Å². The maximum Gasteiger partial charge on any atom is 0.338 e. The number of fused-ring (bicyclic) bond motifs is 5. The third-order valence-corrected chi connectivity index (χ3v) is 8.56. The lowest BCUT2D eigenvalue weighted by Gasteiger charge is -2.25. The topological polar surface area (TPSA) is 108 Å². The number of carbonyl (C=O) groups is 2. The molecular formula is C34H49N3O9. The van der Waals surface area contributed by atoms with E-state index in [0.717, 1.165) is 52.1 Å². The molecule has 46 heavy (non-hydrogen) atoms. The van der Waals surface area contributed by atoms with Gasteiger partial charge in [-0.15, -0.1) is 0 Å². The highest BCUT2D eigenvalue weighted by Gasteiger charge is 2.24. The van der Waals surface area contributed by atoms with Gasteiger partial charge < -0.3 is 47.9 Å². The van der Waals surface area contributed by atoms with Crippen LogP contribution in [0.4, 0.5) is 0 Å². The lowest BCUT2D eigenvalue weighted by Crippen LogP contribution is -2.35. The molecule has 4 rings (SSSR count). The second-order valence-electron chi connectivity index (χ2n) is 11.5. The number of nitrogens with zero attached hydrogens (tertiary/aromatic N) is 3. The number of hydrogen-bond acceptors (Lipinski definition) is 11. The molecule has 254 valence electrons. The van der Waals surface area contributed by atoms with E-state index in [9.17, 15) is 9.59 Å². The van der Waals surface area contributed by atoms with Gasteiger partial charge in [-0.3, -0.25) is 4.79 Å². The number of methoxy groups -OCH3 is 5. The maximum atomic E-state index is 13.5. The number of benzene rings is 2. The first-order chi connectivity index (χ1) is 22.3.